The van der Waals surface area contributed by atoms with Gasteiger partial charge in [-0.3, -0.25) is 9.69 Å². The summed E-state index contributed by atoms with van der Waals surface area (Å²) in [6, 6.07) is 16.9. The van der Waals surface area contributed by atoms with Gasteiger partial charge in [0.25, 0.3) is 0 Å². The summed E-state index contributed by atoms with van der Waals surface area (Å²) in [6.07, 6.45) is 1.56. The molecule has 5 nitrogen and oxygen atoms in total. The molecule has 0 saturated carbocycles. The molecule has 31 heavy (non-hydrogen) atoms. The summed E-state index contributed by atoms with van der Waals surface area (Å²) in [5.41, 5.74) is 1.53. The number of aliphatic hydroxyl groups excluding tert-OH is 1. The molecule has 0 unspecified atom stereocenters. The SMILES string of the molecule is O=C(C1CCOCC1)N1CC2(C1)[C@H](c1ccccc1)[C@H](CO)N2Cc1ccccc1F. The number of likely N-dealkylation sites (tertiary alicyclic amines) is 2. The van der Waals surface area contributed by atoms with Crippen LogP contribution in [0.2, 0.25) is 0 Å². The minimum Gasteiger partial charge on any atom is -0.395 e. The van der Waals surface area contributed by atoms with Gasteiger partial charge in [-0.25, -0.2) is 4.39 Å². The van der Waals surface area contributed by atoms with Crippen LogP contribution in [-0.4, -0.2) is 65.3 Å². The van der Waals surface area contributed by atoms with E-state index in [-0.39, 0.29) is 41.7 Å². The van der Waals surface area contributed by atoms with Gasteiger partial charge in [0.1, 0.15) is 5.82 Å². The van der Waals surface area contributed by atoms with Crippen LogP contribution in [0.4, 0.5) is 4.39 Å². The van der Waals surface area contributed by atoms with Gasteiger partial charge < -0.3 is 14.7 Å². The maximum atomic E-state index is 14.4. The van der Waals surface area contributed by atoms with Gasteiger partial charge >= 0.3 is 0 Å². The van der Waals surface area contributed by atoms with Crippen molar-refractivity contribution in [3.63, 3.8) is 0 Å². The summed E-state index contributed by atoms with van der Waals surface area (Å²) in [6.45, 7) is 2.97. The van der Waals surface area contributed by atoms with Crippen LogP contribution >= 0.6 is 0 Å². The quantitative estimate of drug-likeness (QED) is 0.802. The first kappa shape index (κ1) is 20.6. The van der Waals surface area contributed by atoms with E-state index in [2.05, 4.69) is 17.0 Å². The van der Waals surface area contributed by atoms with Crippen molar-refractivity contribution in [1.29, 1.82) is 0 Å². The molecule has 2 aromatic carbocycles. The van der Waals surface area contributed by atoms with Gasteiger partial charge in [0, 0.05) is 56.3 Å². The van der Waals surface area contributed by atoms with E-state index in [0.717, 1.165) is 12.8 Å². The predicted molar refractivity (Wildman–Crippen MR) is 115 cm³/mol. The molecule has 3 heterocycles. The zero-order valence-corrected chi connectivity index (χ0v) is 17.6. The van der Waals surface area contributed by atoms with Gasteiger partial charge in [0.05, 0.1) is 12.1 Å². The highest BCUT2D eigenvalue weighted by Crippen LogP contribution is 2.54. The lowest BCUT2D eigenvalue weighted by Crippen LogP contribution is -2.84. The second kappa shape index (κ2) is 8.34. The van der Waals surface area contributed by atoms with Crippen LogP contribution in [0.3, 0.4) is 0 Å². The van der Waals surface area contributed by atoms with E-state index < -0.39 is 0 Å². The lowest BCUT2D eigenvalue weighted by molar-refractivity contribution is -0.203. The Hall–Kier alpha value is -2.28. The molecule has 1 amide bonds. The number of ether oxygens (including phenoxy) is 1. The third-order valence-electron chi connectivity index (χ3n) is 7.39. The van der Waals surface area contributed by atoms with Crippen molar-refractivity contribution in [3.8, 4) is 0 Å². The molecule has 3 fully saturated rings. The van der Waals surface area contributed by atoms with E-state index in [4.69, 9.17) is 4.74 Å². The highest BCUT2D eigenvalue weighted by molar-refractivity contribution is 5.80. The maximum absolute atomic E-state index is 14.4. The number of rotatable bonds is 5. The average Bonchev–Trinajstić information content (AvgIpc) is 2.78. The number of benzene rings is 2. The summed E-state index contributed by atoms with van der Waals surface area (Å²) in [5, 5.41) is 10.2. The van der Waals surface area contributed by atoms with Crippen molar-refractivity contribution in [2.75, 3.05) is 32.9 Å². The Kier molecular flexibility index (Phi) is 5.54. The van der Waals surface area contributed by atoms with Crippen molar-refractivity contribution >= 4 is 5.91 Å². The van der Waals surface area contributed by atoms with Gasteiger partial charge in [-0.2, -0.15) is 0 Å². The minimum atomic E-state index is -0.266. The van der Waals surface area contributed by atoms with Gasteiger partial charge in [-0.05, 0) is 24.5 Å². The molecule has 0 radical (unpaired) electrons. The van der Waals surface area contributed by atoms with Crippen molar-refractivity contribution in [1.82, 2.24) is 9.80 Å². The number of carbonyl (C=O) groups is 1. The molecule has 1 N–H and O–H groups in total. The topological polar surface area (TPSA) is 53.0 Å². The molecular formula is C25H29FN2O3. The Bertz CT molecular complexity index is 925. The van der Waals surface area contributed by atoms with Gasteiger partial charge in [-0.1, -0.05) is 48.5 Å². The Balaban J connectivity index is 1.41. The van der Waals surface area contributed by atoms with Crippen LogP contribution in [0, 0.1) is 11.7 Å². The number of nitrogens with zero attached hydrogens (tertiary/aromatic N) is 2. The summed E-state index contributed by atoms with van der Waals surface area (Å²) < 4.78 is 19.8. The molecule has 2 aromatic rings. The molecule has 3 aliphatic rings. The Labute approximate surface area is 182 Å². The fourth-order valence-corrected chi connectivity index (χ4v) is 5.80. The van der Waals surface area contributed by atoms with Crippen LogP contribution < -0.4 is 0 Å². The highest BCUT2D eigenvalue weighted by atomic mass is 19.1. The molecule has 6 heteroatoms. The molecule has 164 valence electrons. The molecule has 3 aliphatic heterocycles. The van der Waals surface area contributed by atoms with E-state index in [9.17, 15) is 14.3 Å². The van der Waals surface area contributed by atoms with E-state index in [0.29, 0.717) is 38.4 Å². The maximum Gasteiger partial charge on any atom is 0.225 e. The number of hydrogen-bond acceptors (Lipinski definition) is 4. The van der Waals surface area contributed by atoms with Crippen LogP contribution in [0.1, 0.15) is 29.9 Å². The summed E-state index contributed by atoms with van der Waals surface area (Å²) in [5.74, 6) is 0.130. The Morgan fingerprint density at radius 2 is 1.74 bits per heavy atom. The fraction of sp³-hybridized carbons (Fsp3) is 0.480. The molecule has 0 aliphatic carbocycles. The molecule has 1 spiro atoms. The van der Waals surface area contributed by atoms with E-state index in [1.807, 2.05) is 29.2 Å². The van der Waals surface area contributed by atoms with Gasteiger partial charge in [0.15, 0.2) is 0 Å². The number of aliphatic hydroxyl groups is 1. The lowest BCUT2D eigenvalue weighted by Gasteiger charge is -2.71. The molecule has 3 saturated heterocycles. The van der Waals surface area contributed by atoms with Gasteiger partial charge in [0.2, 0.25) is 5.91 Å². The highest BCUT2D eigenvalue weighted by Gasteiger charge is 2.66. The molecule has 2 atom stereocenters. The normalized spacial score (nSPS) is 25.8. The Morgan fingerprint density at radius 1 is 1.06 bits per heavy atom. The second-order valence-electron chi connectivity index (χ2n) is 9.04. The first-order chi connectivity index (χ1) is 15.1. The minimum absolute atomic E-state index is 0.00364. The van der Waals surface area contributed by atoms with Crippen LogP contribution in [0.15, 0.2) is 54.6 Å². The zero-order chi connectivity index (χ0) is 21.4. The van der Waals surface area contributed by atoms with E-state index >= 15 is 0 Å². The second-order valence-corrected chi connectivity index (χ2v) is 9.04. The molecule has 0 bridgehead atoms. The third kappa shape index (κ3) is 3.47. The summed E-state index contributed by atoms with van der Waals surface area (Å²) in [7, 11) is 0. The number of hydrogen-bond donors (Lipinski definition) is 1. The van der Waals surface area contributed by atoms with Crippen molar-refractivity contribution < 1.29 is 19.0 Å². The van der Waals surface area contributed by atoms with E-state index in [1.54, 1.807) is 12.1 Å². The number of halogens is 1. The fourth-order valence-electron chi connectivity index (χ4n) is 5.80. The first-order valence-electron chi connectivity index (χ1n) is 11.2. The van der Waals surface area contributed by atoms with Crippen LogP contribution in [-0.2, 0) is 16.1 Å². The summed E-state index contributed by atoms with van der Waals surface area (Å²) in [4.78, 5) is 17.2. The van der Waals surface area contributed by atoms with Crippen molar-refractivity contribution in [3.05, 3.63) is 71.5 Å². The summed E-state index contributed by atoms with van der Waals surface area (Å²) >= 11 is 0. The number of amides is 1. The van der Waals surface area contributed by atoms with Crippen molar-refractivity contribution in [2.45, 2.75) is 36.9 Å². The largest absolute Gasteiger partial charge is 0.395 e. The Morgan fingerprint density at radius 3 is 2.42 bits per heavy atom. The molecular weight excluding hydrogens is 395 g/mol. The van der Waals surface area contributed by atoms with Crippen LogP contribution in [0.5, 0.6) is 0 Å². The zero-order valence-electron chi connectivity index (χ0n) is 17.6. The predicted octanol–water partition coefficient (Wildman–Crippen LogP) is 2.79. The lowest BCUT2D eigenvalue weighted by atomic mass is 9.60. The van der Waals surface area contributed by atoms with Gasteiger partial charge in [-0.15, -0.1) is 0 Å². The molecule has 0 aromatic heterocycles. The van der Waals surface area contributed by atoms with Crippen molar-refractivity contribution in [2.24, 2.45) is 5.92 Å². The van der Waals surface area contributed by atoms with E-state index in [1.165, 1.54) is 11.6 Å². The molecule has 5 rings (SSSR count). The third-order valence-corrected chi connectivity index (χ3v) is 7.39. The smallest absolute Gasteiger partial charge is 0.225 e. The first-order valence-corrected chi connectivity index (χ1v) is 11.2. The monoisotopic (exact) mass is 424 g/mol. The number of carbonyl (C=O) groups excluding carboxylic acids is 1. The standard InChI is InChI=1S/C25H29FN2O3/c26-21-9-5-4-8-20(21)14-28-22(15-29)23(18-6-2-1-3-7-18)25(28)16-27(17-25)24(30)19-10-12-31-13-11-19/h1-9,19,22-23,29H,10-17H2/t22-,23+/m0/s1. The van der Waals surface area contributed by atoms with Crippen LogP contribution in [0.25, 0.3) is 0 Å². The average molecular weight is 425 g/mol.